The van der Waals surface area contributed by atoms with Crippen molar-refractivity contribution in [3.8, 4) is 0 Å². The number of amides is 1. The van der Waals surface area contributed by atoms with Crippen molar-refractivity contribution in [1.82, 2.24) is 20.4 Å². The third-order valence-electron chi connectivity index (χ3n) is 4.17. The highest BCUT2D eigenvalue weighted by molar-refractivity contribution is 5.69. The number of pyridine rings is 1. The van der Waals surface area contributed by atoms with E-state index in [0.29, 0.717) is 18.1 Å². The third kappa shape index (κ3) is 4.15. The molecule has 0 bridgehead atoms. The Hall–Kier alpha value is -2.44. The second-order valence-electron chi connectivity index (χ2n) is 7.56. The average molecular weight is 344 g/mol. The van der Waals surface area contributed by atoms with Crippen LogP contribution in [0.15, 0.2) is 22.9 Å². The minimum absolute atomic E-state index is 0.457. The molecule has 1 aliphatic rings. The van der Waals surface area contributed by atoms with Crippen LogP contribution in [0.3, 0.4) is 0 Å². The highest BCUT2D eigenvalue weighted by atomic mass is 16.6. The Bertz CT molecular complexity index is 742. The summed E-state index contributed by atoms with van der Waals surface area (Å²) in [5.74, 6) is 1.03. The first kappa shape index (κ1) is 17.4. The number of nitrogens with one attached hydrogen (secondary N) is 1. The molecular weight excluding hydrogens is 320 g/mol. The first-order valence-corrected chi connectivity index (χ1v) is 8.52. The van der Waals surface area contributed by atoms with Crippen molar-refractivity contribution in [2.75, 3.05) is 0 Å². The predicted octanol–water partition coefficient (Wildman–Crippen LogP) is 3.27. The Kier molecular flexibility index (Phi) is 4.49. The fraction of sp³-hybridized carbons (Fsp3) is 0.556. The van der Waals surface area contributed by atoms with Gasteiger partial charge in [-0.05, 0) is 58.6 Å². The van der Waals surface area contributed by atoms with E-state index < -0.39 is 17.2 Å². The molecule has 1 saturated carbocycles. The molecule has 0 aliphatic heterocycles. The molecule has 3 rings (SSSR count). The summed E-state index contributed by atoms with van der Waals surface area (Å²) in [6.07, 6.45) is 4.41. The maximum atomic E-state index is 12.1. The van der Waals surface area contributed by atoms with Crippen molar-refractivity contribution in [3.05, 3.63) is 41.3 Å². The van der Waals surface area contributed by atoms with Gasteiger partial charge in [0.15, 0.2) is 5.82 Å². The fourth-order valence-electron chi connectivity index (χ4n) is 2.73. The molecule has 134 valence electrons. The lowest BCUT2D eigenvalue weighted by Gasteiger charge is -2.39. The molecule has 0 radical (unpaired) electrons. The van der Waals surface area contributed by atoms with Crippen LogP contribution in [-0.2, 0) is 16.7 Å². The standard InChI is InChI=1S/C18H24N4O3/c1-12-6-7-13(11-19-12)10-14-20-15(22-25-14)18(8-5-9-18)21-16(23)24-17(2,3)4/h6-7,11H,5,8-10H2,1-4H3,(H,21,23). The SMILES string of the molecule is Cc1ccc(Cc2nc(C3(NC(=O)OC(C)(C)C)CCC3)no2)cn1. The van der Waals surface area contributed by atoms with Crippen molar-refractivity contribution in [2.45, 2.75) is 64.5 Å². The monoisotopic (exact) mass is 344 g/mol. The Morgan fingerprint density at radius 2 is 2.12 bits per heavy atom. The molecular formula is C18H24N4O3. The Labute approximate surface area is 147 Å². The van der Waals surface area contributed by atoms with Crippen LogP contribution < -0.4 is 5.32 Å². The van der Waals surface area contributed by atoms with E-state index in [1.165, 1.54) is 0 Å². The summed E-state index contributed by atoms with van der Waals surface area (Å²) < 4.78 is 10.7. The molecule has 7 nitrogen and oxygen atoms in total. The van der Waals surface area contributed by atoms with Crippen LogP contribution in [0.5, 0.6) is 0 Å². The van der Waals surface area contributed by atoms with E-state index in [-0.39, 0.29) is 0 Å². The normalized spacial score (nSPS) is 16.2. The van der Waals surface area contributed by atoms with Crippen molar-refractivity contribution in [3.63, 3.8) is 0 Å². The van der Waals surface area contributed by atoms with E-state index in [9.17, 15) is 4.79 Å². The van der Waals surface area contributed by atoms with Gasteiger partial charge in [0.1, 0.15) is 11.1 Å². The molecule has 1 aliphatic carbocycles. The fourth-order valence-corrected chi connectivity index (χ4v) is 2.73. The zero-order valence-electron chi connectivity index (χ0n) is 15.1. The summed E-state index contributed by atoms with van der Waals surface area (Å²) >= 11 is 0. The van der Waals surface area contributed by atoms with Gasteiger partial charge >= 0.3 is 6.09 Å². The lowest BCUT2D eigenvalue weighted by molar-refractivity contribution is 0.0362. The molecule has 1 fully saturated rings. The van der Waals surface area contributed by atoms with Gasteiger partial charge in [-0.15, -0.1) is 0 Å². The number of hydrogen-bond donors (Lipinski definition) is 1. The Morgan fingerprint density at radius 3 is 2.68 bits per heavy atom. The van der Waals surface area contributed by atoms with Gasteiger partial charge in [-0.25, -0.2) is 4.79 Å². The number of hydrogen-bond acceptors (Lipinski definition) is 6. The molecule has 1 N–H and O–H groups in total. The second kappa shape index (κ2) is 6.46. The van der Waals surface area contributed by atoms with E-state index in [2.05, 4.69) is 20.4 Å². The summed E-state index contributed by atoms with van der Waals surface area (Å²) in [5, 5.41) is 7.03. The molecule has 0 spiro atoms. The second-order valence-corrected chi connectivity index (χ2v) is 7.56. The topological polar surface area (TPSA) is 90.1 Å². The van der Waals surface area contributed by atoms with Crippen LogP contribution in [0.1, 0.15) is 63.0 Å². The molecule has 2 heterocycles. The lowest BCUT2D eigenvalue weighted by Crippen LogP contribution is -2.52. The highest BCUT2D eigenvalue weighted by Gasteiger charge is 2.45. The van der Waals surface area contributed by atoms with Gasteiger partial charge in [-0.1, -0.05) is 11.2 Å². The zero-order valence-corrected chi connectivity index (χ0v) is 15.1. The van der Waals surface area contributed by atoms with Crippen LogP contribution in [0, 0.1) is 6.92 Å². The summed E-state index contributed by atoms with van der Waals surface area (Å²) in [6, 6.07) is 3.94. The maximum absolute atomic E-state index is 12.1. The molecule has 0 unspecified atom stereocenters. The number of ether oxygens (including phenoxy) is 1. The van der Waals surface area contributed by atoms with Crippen LogP contribution in [0.2, 0.25) is 0 Å². The van der Waals surface area contributed by atoms with Crippen molar-refractivity contribution in [1.29, 1.82) is 0 Å². The van der Waals surface area contributed by atoms with Gasteiger partial charge in [0.05, 0.1) is 6.42 Å². The van der Waals surface area contributed by atoms with Crippen molar-refractivity contribution in [2.24, 2.45) is 0 Å². The van der Waals surface area contributed by atoms with Gasteiger partial charge in [0.2, 0.25) is 5.89 Å². The smallest absolute Gasteiger partial charge is 0.408 e. The number of aryl methyl sites for hydroxylation is 1. The third-order valence-corrected chi connectivity index (χ3v) is 4.17. The first-order valence-electron chi connectivity index (χ1n) is 8.52. The minimum Gasteiger partial charge on any atom is -0.444 e. The molecule has 0 atom stereocenters. The predicted molar refractivity (Wildman–Crippen MR) is 91.0 cm³/mol. The molecule has 0 saturated heterocycles. The van der Waals surface area contributed by atoms with Crippen LogP contribution in [-0.4, -0.2) is 26.8 Å². The molecule has 0 aromatic carbocycles. The number of carbonyl (C=O) groups excluding carboxylic acids is 1. The summed E-state index contributed by atoms with van der Waals surface area (Å²) in [4.78, 5) is 20.9. The lowest BCUT2D eigenvalue weighted by atomic mass is 9.76. The average Bonchev–Trinajstić information content (AvgIpc) is 2.92. The van der Waals surface area contributed by atoms with Crippen molar-refractivity contribution < 1.29 is 14.1 Å². The van der Waals surface area contributed by atoms with Crippen LogP contribution in [0.25, 0.3) is 0 Å². The van der Waals surface area contributed by atoms with Gasteiger partial charge in [-0.3, -0.25) is 4.98 Å². The molecule has 25 heavy (non-hydrogen) atoms. The maximum Gasteiger partial charge on any atom is 0.408 e. The highest BCUT2D eigenvalue weighted by Crippen LogP contribution is 2.40. The van der Waals surface area contributed by atoms with Gasteiger partial charge in [-0.2, -0.15) is 4.98 Å². The van der Waals surface area contributed by atoms with Crippen molar-refractivity contribution >= 4 is 6.09 Å². The van der Waals surface area contributed by atoms with Gasteiger partial charge in [0.25, 0.3) is 0 Å². The molecule has 1 amide bonds. The van der Waals surface area contributed by atoms with Gasteiger partial charge in [0, 0.05) is 11.9 Å². The quantitative estimate of drug-likeness (QED) is 0.915. The summed E-state index contributed by atoms with van der Waals surface area (Å²) in [6.45, 7) is 7.45. The number of aromatic nitrogens is 3. The van der Waals surface area contributed by atoms with E-state index >= 15 is 0 Å². The van der Waals surface area contributed by atoms with E-state index in [1.54, 1.807) is 6.20 Å². The number of rotatable bonds is 4. The summed E-state index contributed by atoms with van der Waals surface area (Å²) in [7, 11) is 0. The largest absolute Gasteiger partial charge is 0.444 e. The van der Waals surface area contributed by atoms with E-state index in [4.69, 9.17) is 9.26 Å². The van der Waals surface area contributed by atoms with E-state index in [1.807, 2.05) is 39.8 Å². The van der Waals surface area contributed by atoms with Crippen LogP contribution in [0.4, 0.5) is 4.79 Å². The first-order chi connectivity index (χ1) is 11.8. The summed E-state index contributed by atoms with van der Waals surface area (Å²) in [5.41, 5.74) is 0.833. The molecule has 7 heteroatoms. The number of nitrogens with zero attached hydrogens (tertiary/aromatic N) is 3. The van der Waals surface area contributed by atoms with Crippen LogP contribution >= 0.6 is 0 Å². The Balaban J connectivity index is 1.70. The Morgan fingerprint density at radius 1 is 1.36 bits per heavy atom. The number of alkyl carbamates (subject to hydrolysis) is 1. The van der Waals surface area contributed by atoms with E-state index in [0.717, 1.165) is 30.5 Å². The molecule has 2 aromatic rings. The zero-order chi connectivity index (χ0) is 18.1. The minimum atomic E-state index is -0.588. The number of carbonyl (C=O) groups is 1. The van der Waals surface area contributed by atoms with Gasteiger partial charge < -0.3 is 14.6 Å². The molecule has 2 aromatic heterocycles.